The lowest BCUT2D eigenvalue weighted by Crippen LogP contribution is -2.19. The fourth-order valence-corrected chi connectivity index (χ4v) is 2.80. The van der Waals surface area contributed by atoms with E-state index in [9.17, 15) is 13.2 Å². The zero-order chi connectivity index (χ0) is 15.3. The van der Waals surface area contributed by atoms with Crippen LogP contribution in [0.3, 0.4) is 0 Å². The lowest BCUT2D eigenvalue weighted by Gasteiger charge is -2.14. The zero-order valence-corrected chi connectivity index (χ0v) is 12.3. The van der Waals surface area contributed by atoms with Gasteiger partial charge in [0.15, 0.2) is 0 Å². The minimum Gasteiger partial charge on any atom is -0.368 e. The van der Waals surface area contributed by atoms with E-state index in [1.54, 1.807) is 24.8 Å². The highest BCUT2D eigenvalue weighted by Gasteiger charge is 2.42. The second-order valence-electron chi connectivity index (χ2n) is 5.17. The van der Waals surface area contributed by atoms with Crippen LogP contribution >= 0.6 is 11.8 Å². The summed E-state index contributed by atoms with van der Waals surface area (Å²) in [5, 5.41) is 6.70. The Morgan fingerprint density at radius 3 is 2.67 bits per heavy atom. The average molecular weight is 317 g/mol. The van der Waals surface area contributed by atoms with Gasteiger partial charge in [-0.3, -0.25) is 0 Å². The summed E-state index contributed by atoms with van der Waals surface area (Å²) in [6.07, 6.45) is -0.311. The lowest BCUT2D eigenvalue weighted by molar-refractivity contribution is -0.144. The summed E-state index contributed by atoms with van der Waals surface area (Å²) in [6.45, 7) is 2.41. The van der Waals surface area contributed by atoms with Gasteiger partial charge in [0.05, 0.1) is 0 Å². The van der Waals surface area contributed by atoms with E-state index in [1.165, 1.54) is 0 Å². The van der Waals surface area contributed by atoms with Crippen LogP contribution in [-0.2, 0) is 6.18 Å². The predicted octanol–water partition coefficient (Wildman–Crippen LogP) is 2.76. The van der Waals surface area contributed by atoms with E-state index in [2.05, 4.69) is 20.4 Å². The Morgan fingerprint density at radius 1 is 1.38 bits per heavy atom. The molecule has 0 aliphatic heterocycles. The number of halogens is 3. The van der Waals surface area contributed by atoms with Crippen molar-refractivity contribution in [1.29, 1.82) is 0 Å². The number of anilines is 1. The van der Waals surface area contributed by atoms with E-state index in [0.717, 1.165) is 17.4 Å². The fourth-order valence-electron chi connectivity index (χ4n) is 2.08. The van der Waals surface area contributed by atoms with Gasteiger partial charge in [0.1, 0.15) is 5.82 Å². The molecule has 5 nitrogen and oxygen atoms in total. The minimum atomic E-state index is -4.57. The van der Waals surface area contributed by atoms with Gasteiger partial charge in [0, 0.05) is 23.1 Å². The zero-order valence-electron chi connectivity index (χ0n) is 11.5. The third kappa shape index (κ3) is 2.78. The number of hydrogen-bond donors (Lipinski definition) is 1. The van der Waals surface area contributed by atoms with Gasteiger partial charge in [0.25, 0.3) is 11.6 Å². The molecule has 1 aliphatic rings. The van der Waals surface area contributed by atoms with Crippen molar-refractivity contribution in [2.75, 3.05) is 18.1 Å². The van der Waals surface area contributed by atoms with Crippen LogP contribution in [0.5, 0.6) is 0 Å². The third-order valence-corrected chi connectivity index (χ3v) is 4.94. The monoisotopic (exact) mass is 317 g/mol. The van der Waals surface area contributed by atoms with Gasteiger partial charge in [-0.05, 0) is 26.0 Å². The van der Waals surface area contributed by atoms with Crippen molar-refractivity contribution < 1.29 is 13.2 Å². The number of nitrogens with zero attached hydrogens (tertiary/aromatic N) is 4. The highest BCUT2D eigenvalue weighted by Crippen LogP contribution is 2.47. The molecule has 0 unspecified atom stereocenters. The van der Waals surface area contributed by atoms with E-state index in [0.29, 0.717) is 18.1 Å². The average Bonchev–Trinajstić information content (AvgIpc) is 3.05. The number of aryl methyl sites for hydroxylation is 1. The van der Waals surface area contributed by atoms with Gasteiger partial charge in [-0.1, -0.05) is 0 Å². The second kappa shape index (κ2) is 4.75. The van der Waals surface area contributed by atoms with Crippen molar-refractivity contribution in [2.24, 2.45) is 0 Å². The molecule has 0 bridgehead atoms. The predicted molar refractivity (Wildman–Crippen MR) is 74.5 cm³/mol. The van der Waals surface area contributed by atoms with Crippen molar-refractivity contribution in [3.63, 3.8) is 0 Å². The van der Waals surface area contributed by atoms with E-state index in [1.807, 2.05) is 6.26 Å². The van der Waals surface area contributed by atoms with Crippen LogP contribution in [0.2, 0.25) is 0 Å². The number of thioether (sulfide) groups is 1. The van der Waals surface area contributed by atoms with Crippen LogP contribution < -0.4 is 5.32 Å². The number of nitrogens with one attached hydrogen (secondary N) is 1. The highest BCUT2D eigenvalue weighted by molar-refractivity contribution is 8.00. The summed E-state index contributed by atoms with van der Waals surface area (Å²) in [5.41, 5.74) is 0.597. The molecule has 114 valence electrons. The molecule has 0 atom stereocenters. The summed E-state index contributed by atoms with van der Waals surface area (Å²) in [5.74, 6) is -0.727. The third-order valence-electron chi connectivity index (χ3n) is 3.53. The number of alkyl halides is 3. The van der Waals surface area contributed by atoms with Crippen LogP contribution in [0.1, 0.15) is 24.4 Å². The summed E-state index contributed by atoms with van der Waals surface area (Å²) < 4.78 is 39.4. The van der Waals surface area contributed by atoms with Crippen LogP contribution in [0, 0.1) is 6.92 Å². The van der Waals surface area contributed by atoms with Gasteiger partial charge in [-0.2, -0.15) is 34.4 Å². The topological polar surface area (TPSA) is 55.1 Å². The van der Waals surface area contributed by atoms with E-state index in [4.69, 9.17) is 0 Å². The number of fused-ring (bicyclic) bond motifs is 1. The van der Waals surface area contributed by atoms with Crippen molar-refractivity contribution in [1.82, 2.24) is 19.6 Å². The molecule has 1 fully saturated rings. The van der Waals surface area contributed by atoms with Crippen molar-refractivity contribution >= 4 is 23.4 Å². The minimum absolute atomic E-state index is 0.0428. The number of hydrogen-bond acceptors (Lipinski definition) is 5. The first-order valence-corrected chi connectivity index (χ1v) is 7.66. The largest absolute Gasteiger partial charge is 0.453 e. The van der Waals surface area contributed by atoms with E-state index >= 15 is 0 Å². The summed E-state index contributed by atoms with van der Waals surface area (Å²) in [7, 11) is 0. The van der Waals surface area contributed by atoms with Crippen LogP contribution in [0.25, 0.3) is 5.78 Å². The summed E-state index contributed by atoms with van der Waals surface area (Å²) >= 11 is 1.77. The molecule has 1 N–H and O–H groups in total. The molecule has 3 rings (SSSR count). The lowest BCUT2D eigenvalue weighted by atomic mass is 10.4. The molecule has 0 amide bonds. The molecule has 2 heterocycles. The van der Waals surface area contributed by atoms with Crippen molar-refractivity contribution in [3.05, 3.63) is 17.6 Å². The van der Waals surface area contributed by atoms with Crippen molar-refractivity contribution in [2.45, 2.75) is 30.7 Å². The van der Waals surface area contributed by atoms with Gasteiger partial charge < -0.3 is 5.32 Å². The molecule has 9 heteroatoms. The molecule has 0 aromatic carbocycles. The first-order valence-electron chi connectivity index (χ1n) is 6.44. The maximum absolute atomic E-state index is 12.7. The maximum atomic E-state index is 12.7. The first-order chi connectivity index (χ1) is 9.83. The quantitative estimate of drug-likeness (QED) is 0.940. The summed E-state index contributed by atoms with van der Waals surface area (Å²) in [6, 6.07) is 1.68. The molecule has 2 aromatic heterocycles. The van der Waals surface area contributed by atoms with Gasteiger partial charge in [-0.15, -0.1) is 5.10 Å². The Balaban J connectivity index is 1.95. The highest BCUT2D eigenvalue weighted by atomic mass is 32.2. The Kier molecular flexibility index (Phi) is 3.27. The molecule has 1 saturated carbocycles. The maximum Gasteiger partial charge on any atom is 0.453 e. The fraction of sp³-hybridized carbons (Fsp3) is 0.583. The van der Waals surface area contributed by atoms with Crippen LogP contribution in [-0.4, -0.2) is 37.1 Å². The molecule has 1 aliphatic carbocycles. The smallest absolute Gasteiger partial charge is 0.368 e. The Morgan fingerprint density at radius 2 is 2.10 bits per heavy atom. The van der Waals surface area contributed by atoms with Crippen molar-refractivity contribution in [3.8, 4) is 0 Å². The van der Waals surface area contributed by atoms with E-state index in [-0.39, 0.29) is 10.5 Å². The SMILES string of the molecule is CSC1(CNc2cc(C)nc3nc(C(F)(F)F)nn23)CC1. The molecule has 21 heavy (non-hydrogen) atoms. The van der Waals surface area contributed by atoms with Gasteiger partial charge in [0.2, 0.25) is 0 Å². The normalized spacial score (nSPS) is 17.2. The molecule has 0 saturated heterocycles. The van der Waals surface area contributed by atoms with Gasteiger partial charge >= 0.3 is 6.18 Å². The Labute approximate surface area is 123 Å². The molecule has 0 radical (unpaired) electrons. The van der Waals surface area contributed by atoms with Crippen LogP contribution in [0.15, 0.2) is 6.07 Å². The standard InChI is InChI=1S/C12H14F3N5S/c1-7-5-8(16-6-11(21-2)3-4-11)20-10(17-7)18-9(19-20)12(13,14)15/h5,16H,3-4,6H2,1-2H3. The van der Waals surface area contributed by atoms with Gasteiger partial charge in [-0.25, -0.2) is 4.98 Å². The van der Waals surface area contributed by atoms with E-state index < -0.39 is 12.0 Å². The van der Waals surface area contributed by atoms with Crippen LogP contribution in [0.4, 0.5) is 19.0 Å². The number of aromatic nitrogens is 4. The molecular formula is C12H14F3N5S. The first kappa shape index (κ1) is 14.4. The molecule has 0 spiro atoms. The Bertz CT molecular complexity index is 677. The molecule has 2 aromatic rings. The second-order valence-corrected chi connectivity index (χ2v) is 6.44. The number of rotatable bonds is 4. The Hall–Kier alpha value is -1.51. The summed E-state index contributed by atoms with van der Waals surface area (Å²) in [4.78, 5) is 7.45. The molecular weight excluding hydrogens is 303 g/mol.